The highest BCUT2D eigenvalue weighted by Gasteiger charge is 2.47. The molecule has 2 unspecified atom stereocenters. The highest BCUT2D eigenvalue weighted by molar-refractivity contribution is 5.69. The van der Waals surface area contributed by atoms with Gasteiger partial charge < -0.3 is 19.5 Å². The van der Waals surface area contributed by atoms with E-state index >= 15 is 0 Å². The fourth-order valence-electron chi connectivity index (χ4n) is 3.89. The molecule has 1 amide bonds. The molecule has 0 spiro atoms. The number of carbonyl (C=O) groups excluding carboxylic acids is 1. The smallest absolute Gasteiger partial charge is 0.410 e. The lowest BCUT2D eigenvalue weighted by atomic mass is 9.74. The lowest BCUT2D eigenvalue weighted by Gasteiger charge is -2.51. The van der Waals surface area contributed by atoms with Crippen molar-refractivity contribution in [1.82, 2.24) is 4.90 Å². The van der Waals surface area contributed by atoms with Crippen molar-refractivity contribution in [3.63, 3.8) is 0 Å². The van der Waals surface area contributed by atoms with Crippen molar-refractivity contribution in [2.75, 3.05) is 13.7 Å². The second-order valence-electron chi connectivity index (χ2n) is 7.86. The van der Waals surface area contributed by atoms with Crippen molar-refractivity contribution < 1.29 is 19.4 Å². The van der Waals surface area contributed by atoms with E-state index in [2.05, 4.69) is 0 Å². The minimum Gasteiger partial charge on any atom is -0.444 e. The van der Waals surface area contributed by atoms with Gasteiger partial charge in [0.05, 0.1) is 5.60 Å². The van der Waals surface area contributed by atoms with E-state index in [1.54, 1.807) is 7.11 Å². The summed E-state index contributed by atoms with van der Waals surface area (Å²) in [6.45, 7) is 6.36. The van der Waals surface area contributed by atoms with Gasteiger partial charge in [-0.05, 0) is 65.7 Å². The van der Waals surface area contributed by atoms with Crippen LogP contribution in [0.25, 0.3) is 0 Å². The van der Waals surface area contributed by atoms with Gasteiger partial charge in [0.15, 0.2) is 0 Å². The summed E-state index contributed by atoms with van der Waals surface area (Å²) >= 11 is 0. The lowest BCUT2D eigenvalue weighted by Crippen LogP contribution is -2.60. The third kappa shape index (κ3) is 4.35. The van der Waals surface area contributed by atoms with Gasteiger partial charge in [0, 0.05) is 25.8 Å². The average Bonchev–Trinajstić information content (AvgIpc) is 2.35. The molecule has 0 aromatic heterocycles. The second kappa shape index (κ2) is 6.75. The Kier molecular flexibility index (Phi) is 5.38. The summed E-state index contributed by atoms with van der Waals surface area (Å²) in [6, 6.07) is 0.213. The molecule has 5 heteroatoms. The van der Waals surface area contributed by atoms with Crippen LogP contribution in [0.5, 0.6) is 0 Å². The Labute approximate surface area is 134 Å². The summed E-state index contributed by atoms with van der Waals surface area (Å²) in [6.07, 6.45) is 5.75. The minimum absolute atomic E-state index is 0.106. The Balaban J connectivity index is 2.03. The molecule has 5 nitrogen and oxygen atoms in total. The van der Waals surface area contributed by atoms with Crippen molar-refractivity contribution >= 4 is 6.09 Å². The Bertz CT molecular complexity index is 377. The van der Waals surface area contributed by atoms with E-state index in [0.717, 1.165) is 32.1 Å². The molecule has 2 heterocycles. The molecule has 22 heavy (non-hydrogen) atoms. The van der Waals surface area contributed by atoms with Gasteiger partial charge >= 0.3 is 6.09 Å². The van der Waals surface area contributed by atoms with Crippen molar-refractivity contribution in [1.29, 1.82) is 0 Å². The average molecular weight is 313 g/mol. The van der Waals surface area contributed by atoms with E-state index in [1.807, 2.05) is 25.7 Å². The molecule has 2 aliphatic rings. The van der Waals surface area contributed by atoms with Crippen molar-refractivity contribution in [3.8, 4) is 0 Å². The van der Waals surface area contributed by atoms with Gasteiger partial charge in [0.1, 0.15) is 5.60 Å². The maximum absolute atomic E-state index is 12.5. The molecular formula is C17H31NO4. The summed E-state index contributed by atoms with van der Waals surface area (Å²) in [5.41, 5.74) is -1.13. The summed E-state index contributed by atoms with van der Waals surface area (Å²) in [7, 11) is 1.68. The van der Waals surface area contributed by atoms with Crippen LogP contribution in [-0.4, -0.2) is 53.1 Å². The molecule has 0 aromatic rings. The summed E-state index contributed by atoms with van der Waals surface area (Å²) in [5.74, 6) is 0. The Hall–Kier alpha value is -0.810. The predicted octanol–water partition coefficient (Wildman–Crippen LogP) is 3.10. The number of carbonyl (C=O) groups is 1. The number of piperidine rings is 2. The van der Waals surface area contributed by atoms with Crippen LogP contribution in [0, 0.1) is 0 Å². The highest BCUT2D eigenvalue weighted by Crippen LogP contribution is 2.41. The molecule has 1 N–H and O–H groups in total. The first-order valence-corrected chi connectivity index (χ1v) is 8.47. The third-order valence-electron chi connectivity index (χ3n) is 4.69. The number of rotatable bonds is 4. The number of fused-ring (bicyclic) bond motifs is 2. The van der Waals surface area contributed by atoms with Gasteiger partial charge in [-0.2, -0.15) is 0 Å². The largest absolute Gasteiger partial charge is 0.444 e. The van der Waals surface area contributed by atoms with Crippen molar-refractivity contribution in [2.24, 2.45) is 0 Å². The zero-order valence-corrected chi connectivity index (χ0v) is 14.4. The molecule has 0 aliphatic carbocycles. The number of nitrogens with zero attached hydrogens (tertiary/aromatic N) is 1. The maximum Gasteiger partial charge on any atom is 0.410 e. The molecule has 2 atom stereocenters. The van der Waals surface area contributed by atoms with Gasteiger partial charge in [-0.3, -0.25) is 0 Å². The number of hydrogen-bond donors (Lipinski definition) is 1. The van der Waals surface area contributed by atoms with Crippen LogP contribution in [0.2, 0.25) is 0 Å². The van der Waals surface area contributed by atoms with Crippen molar-refractivity contribution in [3.05, 3.63) is 0 Å². The van der Waals surface area contributed by atoms with Crippen LogP contribution < -0.4 is 0 Å². The van der Waals surface area contributed by atoms with Crippen LogP contribution >= 0.6 is 0 Å². The topological polar surface area (TPSA) is 59.0 Å². The first-order valence-electron chi connectivity index (χ1n) is 8.47. The third-order valence-corrected chi connectivity index (χ3v) is 4.69. The van der Waals surface area contributed by atoms with Crippen molar-refractivity contribution in [2.45, 2.75) is 89.0 Å². The predicted molar refractivity (Wildman–Crippen MR) is 84.8 cm³/mol. The zero-order valence-electron chi connectivity index (χ0n) is 14.4. The van der Waals surface area contributed by atoms with E-state index in [-0.39, 0.29) is 18.2 Å². The zero-order chi connectivity index (χ0) is 16.4. The SMILES string of the molecule is COCCCC1(O)CC2CCCC(C1)N2C(=O)OC(C)(C)C. The lowest BCUT2D eigenvalue weighted by molar-refractivity contribution is -0.0977. The van der Waals surface area contributed by atoms with Gasteiger partial charge in [0.25, 0.3) is 0 Å². The Morgan fingerprint density at radius 1 is 1.27 bits per heavy atom. The van der Waals surface area contributed by atoms with Crippen LogP contribution in [-0.2, 0) is 9.47 Å². The summed E-state index contributed by atoms with van der Waals surface area (Å²) in [4.78, 5) is 14.4. The van der Waals surface area contributed by atoms with E-state index < -0.39 is 11.2 Å². The van der Waals surface area contributed by atoms with E-state index in [9.17, 15) is 9.90 Å². The quantitative estimate of drug-likeness (QED) is 0.810. The molecule has 2 saturated heterocycles. The van der Waals surface area contributed by atoms with Crippen LogP contribution in [0.15, 0.2) is 0 Å². The minimum atomic E-state index is -0.660. The van der Waals surface area contributed by atoms with Gasteiger partial charge in [-0.1, -0.05) is 0 Å². The molecule has 0 aromatic carbocycles. The standard InChI is InChI=1S/C17H31NO4/c1-16(2,3)22-15(19)18-13-7-5-8-14(18)12-17(20,11-13)9-6-10-21-4/h13-14,20H,5-12H2,1-4H3. The van der Waals surface area contributed by atoms with Crippen LogP contribution in [0.4, 0.5) is 4.79 Å². The van der Waals surface area contributed by atoms with Gasteiger partial charge in [-0.25, -0.2) is 4.79 Å². The molecule has 0 radical (unpaired) electrons. The van der Waals surface area contributed by atoms with E-state index in [4.69, 9.17) is 9.47 Å². The first-order chi connectivity index (χ1) is 10.2. The first kappa shape index (κ1) is 17.5. The molecular weight excluding hydrogens is 282 g/mol. The van der Waals surface area contributed by atoms with Gasteiger partial charge in [0.2, 0.25) is 0 Å². The summed E-state index contributed by atoms with van der Waals surface area (Å²) in [5, 5.41) is 10.9. The number of ether oxygens (including phenoxy) is 2. The van der Waals surface area contributed by atoms with Crippen LogP contribution in [0.1, 0.15) is 65.7 Å². The molecule has 2 fully saturated rings. The second-order valence-corrected chi connectivity index (χ2v) is 7.86. The Morgan fingerprint density at radius 3 is 2.36 bits per heavy atom. The molecule has 2 rings (SSSR count). The fraction of sp³-hybridized carbons (Fsp3) is 0.941. The summed E-state index contributed by atoms with van der Waals surface area (Å²) < 4.78 is 10.7. The molecule has 128 valence electrons. The van der Waals surface area contributed by atoms with Crippen LogP contribution in [0.3, 0.4) is 0 Å². The molecule has 2 aliphatic heterocycles. The molecule has 0 saturated carbocycles. The Morgan fingerprint density at radius 2 is 1.86 bits per heavy atom. The monoisotopic (exact) mass is 313 g/mol. The van der Waals surface area contributed by atoms with E-state index in [1.165, 1.54) is 0 Å². The number of aliphatic hydroxyl groups is 1. The highest BCUT2D eigenvalue weighted by atomic mass is 16.6. The number of amides is 1. The van der Waals surface area contributed by atoms with E-state index in [0.29, 0.717) is 19.4 Å². The number of hydrogen-bond acceptors (Lipinski definition) is 4. The fourth-order valence-corrected chi connectivity index (χ4v) is 3.89. The number of methoxy groups -OCH3 is 1. The van der Waals surface area contributed by atoms with Gasteiger partial charge in [-0.15, -0.1) is 0 Å². The molecule has 2 bridgehead atoms. The normalized spacial score (nSPS) is 32.0. The maximum atomic E-state index is 12.5.